The average Bonchev–Trinajstić information content (AvgIpc) is 2.73. The monoisotopic (exact) mass is 451 g/mol. The summed E-state index contributed by atoms with van der Waals surface area (Å²) in [6.45, 7) is 4.12. The molecule has 1 N–H and O–H groups in total. The molecule has 0 bridgehead atoms. The molecule has 2 aromatic carbocycles. The van der Waals surface area contributed by atoms with E-state index in [1.54, 1.807) is 12.4 Å². The highest BCUT2D eigenvalue weighted by Crippen LogP contribution is 2.24. The van der Waals surface area contributed by atoms with Crippen LogP contribution in [0.15, 0.2) is 67.0 Å². The van der Waals surface area contributed by atoms with Gasteiger partial charge in [0.15, 0.2) is 0 Å². The predicted molar refractivity (Wildman–Crippen MR) is 129 cm³/mol. The lowest BCUT2D eigenvalue weighted by atomic mass is 10.1. The molecule has 0 radical (unpaired) electrons. The molecule has 3 rings (SSSR count). The highest BCUT2D eigenvalue weighted by Gasteiger charge is 2.19. The number of rotatable bonds is 9. The highest BCUT2D eigenvalue weighted by atomic mass is 32.2. The summed E-state index contributed by atoms with van der Waals surface area (Å²) in [6.07, 6.45) is 6.20. The Kier molecular flexibility index (Phi) is 7.64. The van der Waals surface area contributed by atoms with Gasteiger partial charge in [-0.05, 0) is 73.7 Å². The molecule has 0 atom stereocenters. The van der Waals surface area contributed by atoms with Crippen molar-refractivity contribution in [3.63, 3.8) is 0 Å². The Bertz CT molecular complexity index is 1160. The number of aryl methyl sites for hydroxylation is 2. The minimum Gasteiger partial charge on any atom is -0.326 e. The van der Waals surface area contributed by atoms with E-state index < -0.39 is 10.0 Å². The first-order valence-electron chi connectivity index (χ1n) is 10.5. The molecule has 32 heavy (non-hydrogen) atoms. The van der Waals surface area contributed by atoms with Crippen molar-refractivity contribution in [1.29, 1.82) is 0 Å². The number of hydrogen-bond donors (Lipinski definition) is 1. The lowest BCUT2D eigenvalue weighted by molar-refractivity contribution is -0.116. The number of sulfonamides is 1. The molecule has 7 heteroatoms. The van der Waals surface area contributed by atoms with Crippen molar-refractivity contribution in [2.75, 3.05) is 22.4 Å². The van der Waals surface area contributed by atoms with E-state index in [2.05, 4.69) is 10.3 Å². The molecule has 1 heterocycles. The zero-order valence-corrected chi connectivity index (χ0v) is 19.5. The number of aromatic nitrogens is 1. The van der Waals surface area contributed by atoms with Gasteiger partial charge in [0.2, 0.25) is 15.9 Å². The Morgan fingerprint density at radius 1 is 0.969 bits per heavy atom. The number of anilines is 2. The van der Waals surface area contributed by atoms with Gasteiger partial charge in [-0.2, -0.15) is 0 Å². The Balaban J connectivity index is 1.54. The standard InChI is InChI=1S/C25H29N3O3S/c1-19-6-11-24(20(2)17-19)28(32(3,30)31)16-4-5-25(29)27-23-9-7-21(8-10-23)18-22-12-14-26-15-13-22/h6-15,17H,4-5,16,18H2,1-3H3,(H,27,29). The minimum absolute atomic E-state index is 0.138. The maximum Gasteiger partial charge on any atom is 0.232 e. The molecule has 0 unspecified atom stereocenters. The second-order valence-corrected chi connectivity index (χ2v) is 9.91. The maximum atomic E-state index is 12.4. The van der Waals surface area contributed by atoms with Gasteiger partial charge < -0.3 is 5.32 Å². The van der Waals surface area contributed by atoms with Crippen molar-refractivity contribution in [3.8, 4) is 0 Å². The van der Waals surface area contributed by atoms with Gasteiger partial charge in [0.25, 0.3) is 0 Å². The summed E-state index contributed by atoms with van der Waals surface area (Å²) in [7, 11) is -3.44. The van der Waals surface area contributed by atoms with E-state index in [4.69, 9.17) is 0 Å². The van der Waals surface area contributed by atoms with Gasteiger partial charge in [-0.25, -0.2) is 8.42 Å². The molecule has 3 aromatic rings. The Labute approximate surface area is 190 Å². The summed E-state index contributed by atoms with van der Waals surface area (Å²) in [6, 6.07) is 17.4. The van der Waals surface area contributed by atoms with Crippen LogP contribution in [0.1, 0.15) is 35.1 Å². The van der Waals surface area contributed by atoms with Crippen molar-refractivity contribution in [2.45, 2.75) is 33.1 Å². The van der Waals surface area contributed by atoms with Crippen LogP contribution in [0.5, 0.6) is 0 Å². The molecule has 0 saturated carbocycles. The number of nitrogens with one attached hydrogen (secondary N) is 1. The van der Waals surface area contributed by atoms with Crippen LogP contribution in [0.25, 0.3) is 0 Å². The molecule has 0 aliphatic heterocycles. The lowest BCUT2D eigenvalue weighted by Crippen LogP contribution is -2.32. The quantitative estimate of drug-likeness (QED) is 0.520. The number of amides is 1. The van der Waals surface area contributed by atoms with E-state index in [-0.39, 0.29) is 18.9 Å². The number of pyridine rings is 1. The third kappa shape index (κ3) is 6.65. The first kappa shape index (κ1) is 23.5. The molecule has 1 aromatic heterocycles. The van der Waals surface area contributed by atoms with Crippen LogP contribution in [-0.2, 0) is 21.2 Å². The zero-order valence-electron chi connectivity index (χ0n) is 18.7. The van der Waals surface area contributed by atoms with E-state index >= 15 is 0 Å². The van der Waals surface area contributed by atoms with Gasteiger partial charge in [0, 0.05) is 31.0 Å². The summed E-state index contributed by atoms with van der Waals surface area (Å²) >= 11 is 0. The van der Waals surface area contributed by atoms with Crippen LogP contribution in [0, 0.1) is 13.8 Å². The lowest BCUT2D eigenvalue weighted by Gasteiger charge is -2.24. The van der Waals surface area contributed by atoms with Gasteiger partial charge >= 0.3 is 0 Å². The van der Waals surface area contributed by atoms with Gasteiger partial charge in [-0.1, -0.05) is 29.8 Å². The van der Waals surface area contributed by atoms with Crippen molar-refractivity contribution >= 4 is 27.3 Å². The second-order valence-electron chi connectivity index (χ2n) is 8.01. The molecule has 168 valence electrons. The smallest absolute Gasteiger partial charge is 0.232 e. The SMILES string of the molecule is Cc1ccc(N(CCCC(=O)Nc2ccc(Cc3ccncc3)cc2)S(C)(=O)=O)c(C)c1. The van der Waals surface area contributed by atoms with E-state index in [9.17, 15) is 13.2 Å². The molecule has 0 spiro atoms. The fourth-order valence-electron chi connectivity index (χ4n) is 3.60. The van der Waals surface area contributed by atoms with Gasteiger partial charge in [-0.3, -0.25) is 14.1 Å². The van der Waals surface area contributed by atoms with Crippen LogP contribution in [0.3, 0.4) is 0 Å². The Morgan fingerprint density at radius 2 is 1.62 bits per heavy atom. The maximum absolute atomic E-state index is 12.4. The molecule has 0 aliphatic carbocycles. The average molecular weight is 452 g/mol. The van der Waals surface area contributed by atoms with Gasteiger partial charge in [-0.15, -0.1) is 0 Å². The first-order valence-corrected chi connectivity index (χ1v) is 12.4. The zero-order chi connectivity index (χ0) is 23.1. The highest BCUT2D eigenvalue weighted by molar-refractivity contribution is 7.92. The van der Waals surface area contributed by atoms with Gasteiger partial charge in [0.1, 0.15) is 0 Å². The molecule has 0 saturated heterocycles. The van der Waals surface area contributed by atoms with Gasteiger partial charge in [0.05, 0.1) is 11.9 Å². The fourth-order valence-corrected chi connectivity index (χ4v) is 4.62. The number of hydrogen-bond acceptors (Lipinski definition) is 4. The van der Waals surface area contributed by atoms with E-state index in [1.165, 1.54) is 16.1 Å². The third-order valence-electron chi connectivity index (χ3n) is 5.18. The third-order valence-corrected chi connectivity index (χ3v) is 6.36. The first-order chi connectivity index (χ1) is 15.2. The normalized spacial score (nSPS) is 11.2. The van der Waals surface area contributed by atoms with Crippen molar-refractivity contribution in [3.05, 3.63) is 89.2 Å². The van der Waals surface area contributed by atoms with Crippen molar-refractivity contribution in [2.24, 2.45) is 0 Å². The molecular formula is C25H29N3O3S. The Morgan fingerprint density at radius 3 is 2.25 bits per heavy atom. The van der Waals surface area contributed by atoms with Crippen LogP contribution >= 0.6 is 0 Å². The summed E-state index contributed by atoms with van der Waals surface area (Å²) in [5, 5.41) is 2.89. The number of carbonyl (C=O) groups excluding carboxylic acids is 1. The van der Waals surface area contributed by atoms with Crippen LogP contribution in [0.2, 0.25) is 0 Å². The summed E-state index contributed by atoms with van der Waals surface area (Å²) in [4.78, 5) is 16.4. The topological polar surface area (TPSA) is 79.4 Å². The van der Waals surface area contributed by atoms with Crippen LogP contribution < -0.4 is 9.62 Å². The van der Waals surface area contributed by atoms with Crippen molar-refractivity contribution < 1.29 is 13.2 Å². The molecule has 6 nitrogen and oxygen atoms in total. The van der Waals surface area contributed by atoms with Crippen LogP contribution in [0.4, 0.5) is 11.4 Å². The van der Waals surface area contributed by atoms with E-state index in [1.807, 2.05) is 68.4 Å². The summed E-state index contributed by atoms with van der Waals surface area (Å²) < 4.78 is 26.0. The second kappa shape index (κ2) is 10.4. The number of benzene rings is 2. The largest absolute Gasteiger partial charge is 0.326 e. The van der Waals surface area contributed by atoms with E-state index in [0.717, 1.165) is 28.8 Å². The van der Waals surface area contributed by atoms with Crippen molar-refractivity contribution in [1.82, 2.24) is 4.98 Å². The fraction of sp³-hybridized carbons (Fsp3) is 0.280. The molecule has 0 fully saturated rings. The Hall–Kier alpha value is -3.19. The van der Waals surface area contributed by atoms with Crippen LogP contribution in [-0.4, -0.2) is 32.1 Å². The molecular weight excluding hydrogens is 422 g/mol. The molecule has 1 amide bonds. The van der Waals surface area contributed by atoms with E-state index in [0.29, 0.717) is 12.1 Å². The number of nitrogens with zero attached hydrogens (tertiary/aromatic N) is 2. The molecule has 0 aliphatic rings. The predicted octanol–water partition coefficient (Wildman–Crippen LogP) is 4.47. The summed E-state index contributed by atoms with van der Waals surface area (Å²) in [5.41, 5.74) is 5.67. The number of carbonyl (C=O) groups is 1. The minimum atomic E-state index is -3.44. The summed E-state index contributed by atoms with van der Waals surface area (Å²) in [5.74, 6) is -0.138.